The van der Waals surface area contributed by atoms with Gasteiger partial charge in [-0.15, -0.1) is 10.2 Å². The van der Waals surface area contributed by atoms with Gasteiger partial charge in [0.05, 0.1) is 0 Å². The Morgan fingerprint density at radius 2 is 2.06 bits per heavy atom. The average molecular weight is 220 g/mol. The van der Waals surface area contributed by atoms with Crippen molar-refractivity contribution in [3.8, 4) is 0 Å². The first kappa shape index (κ1) is 10.3. The summed E-state index contributed by atoms with van der Waals surface area (Å²) in [6.07, 6.45) is 8.40. The lowest BCUT2D eigenvalue weighted by molar-refractivity contribution is 0.554. The summed E-state index contributed by atoms with van der Waals surface area (Å²) in [5, 5.41) is 8.77. The Labute approximate surface area is 96.2 Å². The Morgan fingerprint density at radius 3 is 2.88 bits per heavy atom. The largest absolute Gasteiger partial charge is 0.328 e. The lowest BCUT2D eigenvalue weighted by Gasteiger charge is -2.11. The van der Waals surface area contributed by atoms with Crippen LogP contribution in [0.1, 0.15) is 56.1 Å². The van der Waals surface area contributed by atoms with Gasteiger partial charge in [0, 0.05) is 24.9 Å². The summed E-state index contributed by atoms with van der Waals surface area (Å²) in [6, 6.07) is 0.378. The molecule has 4 nitrogen and oxygen atoms in total. The molecular weight excluding hydrogens is 200 g/mol. The van der Waals surface area contributed by atoms with Gasteiger partial charge in [0.25, 0.3) is 0 Å². The molecule has 1 aliphatic heterocycles. The fourth-order valence-corrected chi connectivity index (χ4v) is 3.06. The minimum atomic E-state index is 0.378. The van der Waals surface area contributed by atoms with Crippen LogP contribution in [0, 0.1) is 0 Å². The van der Waals surface area contributed by atoms with E-state index in [9.17, 15) is 0 Å². The zero-order valence-corrected chi connectivity index (χ0v) is 9.73. The summed E-state index contributed by atoms with van der Waals surface area (Å²) in [6.45, 7) is 1.11. The van der Waals surface area contributed by atoms with Gasteiger partial charge in [0.1, 0.15) is 11.6 Å². The summed E-state index contributed by atoms with van der Waals surface area (Å²) in [4.78, 5) is 0. The van der Waals surface area contributed by atoms with Crippen LogP contribution < -0.4 is 5.73 Å². The van der Waals surface area contributed by atoms with Gasteiger partial charge in [-0.1, -0.05) is 6.42 Å². The van der Waals surface area contributed by atoms with Crippen molar-refractivity contribution >= 4 is 0 Å². The molecule has 0 aromatic carbocycles. The molecule has 2 unspecified atom stereocenters. The van der Waals surface area contributed by atoms with Crippen molar-refractivity contribution in [2.75, 3.05) is 0 Å². The molecule has 3 rings (SSSR count). The summed E-state index contributed by atoms with van der Waals surface area (Å²) in [7, 11) is 0. The third kappa shape index (κ3) is 1.75. The second-order valence-corrected chi connectivity index (χ2v) is 5.21. The first-order valence-corrected chi connectivity index (χ1v) is 6.52. The lowest BCUT2D eigenvalue weighted by atomic mass is 10.1. The topological polar surface area (TPSA) is 56.7 Å². The number of aromatic nitrogens is 3. The van der Waals surface area contributed by atoms with Crippen LogP contribution in [0.15, 0.2) is 0 Å². The normalized spacial score (nSPS) is 30.1. The number of hydrogen-bond acceptors (Lipinski definition) is 3. The molecule has 0 amide bonds. The first-order valence-electron chi connectivity index (χ1n) is 6.52. The fourth-order valence-electron chi connectivity index (χ4n) is 3.06. The number of hydrogen-bond donors (Lipinski definition) is 1. The molecule has 1 fully saturated rings. The third-order valence-corrected chi connectivity index (χ3v) is 3.98. The molecule has 16 heavy (non-hydrogen) atoms. The molecule has 1 aromatic rings. The molecule has 0 saturated heterocycles. The maximum atomic E-state index is 5.98. The van der Waals surface area contributed by atoms with E-state index in [1.807, 2.05) is 0 Å². The number of rotatable bonds is 1. The van der Waals surface area contributed by atoms with Crippen LogP contribution in [0.3, 0.4) is 0 Å². The highest BCUT2D eigenvalue weighted by atomic mass is 15.3. The Kier molecular flexibility index (Phi) is 2.67. The van der Waals surface area contributed by atoms with E-state index in [1.165, 1.54) is 37.3 Å². The van der Waals surface area contributed by atoms with E-state index >= 15 is 0 Å². The molecule has 2 heterocycles. The van der Waals surface area contributed by atoms with Crippen molar-refractivity contribution in [2.45, 2.75) is 63.5 Å². The van der Waals surface area contributed by atoms with E-state index in [2.05, 4.69) is 14.8 Å². The quantitative estimate of drug-likeness (QED) is 0.782. The molecule has 2 atom stereocenters. The molecule has 0 spiro atoms. The smallest absolute Gasteiger partial charge is 0.136 e. The van der Waals surface area contributed by atoms with Crippen molar-refractivity contribution in [3.05, 3.63) is 11.6 Å². The van der Waals surface area contributed by atoms with Crippen LogP contribution in [-0.2, 0) is 13.0 Å². The summed E-state index contributed by atoms with van der Waals surface area (Å²) in [5.74, 6) is 2.98. The van der Waals surface area contributed by atoms with E-state index in [0.29, 0.717) is 12.0 Å². The molecule has 0 bridgehead atoms. The summed E-state index contributed by atoms with van der Waals surface area (Å²) < 4.78 is 2.37. The highest BCUT2D eigenvalue weighted by molar-refractivity contribution is 5.06. The zero-order chi connectivity index (χ0) is 11.0. The van der Waals surface area contributed by atoms with Crippen molar-refractivity contribution in [2.24, 2.45) is 5.73 Å². The first-order chi connectivity index (χ1) is 7.84. The van der Waals surface area contributed by atoms with Gasteiger partial charge in [-0.2, -0.15) is 0 Å². The molecule has 2 N–H and O–H groups in total. The van der Waals surface area contributed by atoms with Crippen LogP contribution in [0.4, 0.5) is 0 Å². The van der Waals surface area contributed by atoms with E-state index in [0.717, 1.165) is 25.8 Å². The maximum absolute atomic E-state index is 5.98. The van der Waals surface area contributed by atoms with Gasteiger partial charge in [-0.3, -0.25) is 0 Å². The summed E-state index contributed by atoms with van der Waals surface area (Å²) >= 11 is 0. The molecule has 1 aliphatic carbocycles. The standard InChI is InChI=1S/C12H20N4/c13-10-6-5-9(8-10)12-15-14-11-4-2-1-3-7-16(11)12/h9-10H,1-8,13H2. The van der Waals surface area contributed by atoms with Gasteiger partial charge in [-0.05, 0) is 32.1 Å². The van der Waals surface area contributed by atoms with Crippen molar-refractivity contribution < 1.29 is 0 Å². The highest BCUT2D eigenvalue weighted by Crippen LogP contribution is 2.33. The monoisotopic (exact) mass is 220 g/mol. The molecular formula is C12H20N4. The second kappa shape index (κ2) is 4.17. The molecule has 2 aliphatic rings. The van der Waals surface area contributed by atoms with Gasteiger partial charge in [-0.25, -0.2) is 0 Å². The number of aryl methyl sites for hydroxylation is 1. The molecule has 1 saturated carbocycles. The van der Waals surface area contributed by atoms with Crippen LogP contribution in [0.2, 0.25) is 0 Å². The zero-order valence-electron chi connectivity index (χ0n) is 9.73. The predicted molar refractivity (Wildman–Crippen MR) is 62.1 cm³/mol. The molecule has 0 radical (unpaired) electrons. The number of nitrogens with zero attached hydrogens (tertiary/aromatic N) is 3. The SMILES string of the molecule is NC1CCC(c2nnc3n2CCCCC3)C1. The van der Waals surface area contributed by atoms with Crippen molar-refractivity contribution in [1.29, 1.82) is 0 Å². The minimum Gasteiger partial charge on any atom is -0.328 e. The van der Waals surface area contributed by atoms with Gasteiger partial charge in [0.15, 0.2) is 0 Å². The molecule has 1 aromatic heterocycles. The fraction of sp³-hybridized carbons (Fsp3) is 0.833. The third-order valence-electron chi connectivity index (χ3n) is 3.98. The van der Waals surface area contributed by atoms with E-state index in [-0.39, 0.29) is 0 Å². The molecule has 88 valence electrons. The Hall–Kier alpha value is -0.900. The minimum absolute atomic E-state index is 0.378. The van der Waals surface area contributed by atoms with E-state index < -0.39 is 0 Å². The van der Waals surface area contributed by atoms with Gasteiger partial charge < -0.3 is 10.3 Å². The predicted octanol–water partition coefficient (Wildman–Crippen LogP) is 1.60. The Balaban J connectivity index is 1.87. The van der Waals surface area contributed by atoms with Gasteiger partial charge >= 0.3 is 0 Å². The van der Waals surface area contributed by atoms with E-state index in [4.69, 9.17) is 5.73 Å². The Bertz CT molecular complexity index is 371. The molecule has 4 heteroatoms. The maximum Gasteiger partial charge on any atom is 0.136 e. The van der Waals surface area contributed by atoms with E-state index in [1.54, 1.807) is 0 Å². The summed E-state index contributed by atoms with van der Waals surface area (Å²) in [5.41, 5.74) is 5.98. The van der Waals surface area contributed by atoms with Crippen molar-refractivity contribution in [3.63, 3.8) is 0 Å². The van der Waals surface area contributed by atoms with Crippen LogP contribution in [0.25, 0.3) is 0 Å². The second-order valence-electron chi connectivity index (χ2n) is 5.21. The average Bonchev–Trinajstić information content (AvgIpc) is 2.79. The number of fused-ring (bicyclic) bond motifs is 1. The highest BCUT2D eigenvalue weighted by Gasteiger charge is 2.28. The number of nitrogens with two attached hydrogens (primary N) is 1. The lowest BCUT2D eigenvalue weighted by Crippen LogP contribution is -2.15. The van der Waals surface area contributed by atoms with Crippen molar-refractivity contribution in [1.82, 2.24) is 14.8 Å². The Morgan fingerprint density at radius 1 is 1.12 bits per heavy atom. The van der Waals surface area contributed by atoms with Crippen LogP contribution >= 0.6 is 0 Å². The van der Waals surface area contributed by atoms with Crippen LogP contribution in [0.5, 0.6) is 0 Å². The van der Waals surface area contributed by atoms with Gasteiger partial charge in [0.2, 0.25) is 0 Å². The van der Waals surface area contributed by atoms with Crippen LogP contribution in [-0.4, -0.2) is 20.8 Å².